The van der Waals surface area contributed by atoms with E-state index in [1.54, 1.807) is 0 Å². The lowest BCUT2D eigenvalue weighted by molar-refractivity contribution is 0.161. The van der Waals surface area contributed by atoms with Crippen molar-refractivity contribution in [1.82, 2.24) is 21.3 Å². The second-order valence-electron chi connectivity index (χ2n) is 3.91. The molecule has 2 heterocycles. The molecule has 4 nitrogen and oxygen atoms in total. The van der Waals surface area contributed by atoms with Gasteiger partial charge in [-0.15, -0.1) is 0 Å². The smallest absolute Gasteiger partial charge is 0.0869 e. The van der Waals surface area contributed by atoms with Crippen LogP contribution in [0.5, 0.6) is 0 Å². The third kappa shape index (κ3) is 1.61. The van der Waals surface area contributed by atoms with Crippen LogP contribution in [0.15, 0.2) is 0 Å². The van der Waals surface area contributed by atoms with Crippen LogP contribution in [0.4, 0.5) is 0 Å². The Morgan fingerprint density at radius 2 is 1.25 bits per heavy atom. The van der Waals surface area contributed by atoms with Gasteiger partial charge in [-0.3, -0.25) is 21.3 Å². The summed E-state index contributed by atoms with van der Waals surface area (Å²) in [6, 6.07) is 1.13. The Hall–Kier alpha value is -0.160. The summed E-state index contributed by atoms with van der Waals surface area (Å²) in [7, 11) is 0. The summed E-state index contributed by atoms with van der Waals surface area (Å²) in [5, 5.41) is 13.9. The second-order valence-corrected chi connectivity index (χ2v) is 3.91. The van der Waals surface area contributed by atoms with Gasteiger partial charge in [-0.1, -0.05) is 0 Å². The zero-order chi connectivity index (χ0) is 8.55. The summed E-state index contributed by atoms with van der Waals surface area (Å²) in [6.07, 6.45) is 0.787. The molecule has 2 fully saturated rings. The van der Waals surface area contributed by atoms with Crippen LogP contribution in [0.25, 0.3) is 0 Å². The van der Waals surface area contributed by atoms with E-state index in [0.717, 1.165) is 13.1 Å². The van der Waals surface area contributed by atoms with Gasteiger partial charge >= 0.3 is 0 Å². The van der Waals surface area contributed by atoms with Gasteiger partial charge in [0.25, 0.3) is 0 Å². The average Bonchev–Trinajstić information content (AvgIpc) is 2.05. The number of hydrogen-bond donors (Lipinski definition) is 4. The molecule has 4 heteroatoms. The highest BCUT2D eigenvalue weighted by atomic mass is 15.3. The number of nitrogens with one attached hydrogen (secondary N) is 4. The predicted octanol–water partition coefficient (Wildman–Crippen LogP) is -1.20. The Kier molecular flexibility index (Phi) is 2.32. The van der Waals surface area contributed by atoms with Gasteiger partial charge in [-0.2, -0.15) is 0 Å². The first-order valence-corrected chi connectivity index (χ1v) is 4.74. The van der Waals surface area contributed by atoms with E-state index in [1.165, 1.54) is 0 Å². The van der Waals surface area contributed by atoms with Crippen molar-refractivity contribution in [2.24, 2.45) is 0 Å². The van der Waals surface area contributed by atoms with E-state index in [9.17, 15) is 0 Å². The first kappa shape index (κ1) is 8.44. The maximum atomic E-state index is 3.50. The number of piperazine rings is 2. The highest BCUT2D eigenvalue weighted by molar-refractivity contribution is 4.92. The van der Waals surface area contributed by atoms with Crippen LogP contribution in [0, 0.1) is 0 Å². The molecule has 0 saturated carbocycles. The van der Waals surface area contributed by atoms with Gasteiger partial charge < -0.3 is 0 Å². The summed E-state index contributed by atoms with van der Waals surface area (Å²) in [5.74, 6) is 0. The fraction of sp³-hybridized carbons (Fsp3) is 1.00. The molecule has 4 N–H and O–H groups in total. The topological polar surface area (TPSA) is 48.1 Å². The largest absolute Gasteiger partial charge is 0.298 e. The first-order chi connectivity index (χ1) is 5.75. The Labute approximate surface area is 73.5 Å². The van der Waals surface area contributed by atoms with Crippen LogP contribution in [-0.2, 0) is 0 Å². The molecular weight excluding hydrogens is 152 g/mol. The predicted molar refractivity (Wildman–Crippen MR) is 48.8 cm³/mol. The molecule has 0 unspecified atom stereocenters. The molecule has 0 aromatic rings. The van der Waals surface area contributed by atoms with Gasteiger partial charge in [0.05, 0.1) is 12.3 Å². The minimum atomic E-state index is 0.393. The van der Waals surface area contributed by atoms with E-state index >= 15 is 0 Å². The fourth-order valence-electron chi connectivity index (χ4n) is 1.88. The van der Waals surface area contributed by atoms with E-state index in [-0.39, 0.29) is 0 Å². The molecule has 0 aromatic heterocycles. The van der Waals surface area contributed by atoms with E-state index in [4.69, 9.17) is 0 Å². The van der Waals surface area contributed by atoms with Crippen molar-refractivity contribution in [1.29, 1.82) is 0 Å². The van der Waals surface area contributed by atoms with Crippen LogP contribution in [0.1, 0.15) is 13.8 Å². The molecule has 0 spiro atoms. The molecule has 12 heavy (non-hydrogen) atoms. The standard InChI is InChI=1S/C8H18N4/c1-5-3-9-8-7(11-5)10-4-6(2)12-8/h5-12H,3-4H2,1-2H3/t5-,6-,7-,8+/m1/s1. The molecule has 4 atom stereocenters. The molecule has 70 valence electrons. The van der Waals surface area contributed by atoms with Crippen LogP contribution >= 0.6 is 0 Å². The summed E-state index contributed by atoms with van der Waals surface area (Å²) >= 11 is 0. The highest BCUT2D eigenvalue weighted by Gasteiger charge is 2.31. The Morgan fingerprint density at radius 1 is 0.833 bits per heavy atom. The van der Waals surface area contributed by atoms with Gasteiger partial charge in [-0.05, 0) is 13.8 Å². The normalized spacial score (nSPS) is 48.5. The third-order valence-corrected chi connectivity index (χ3v) is 2.55. The molecular formula is C8H18N4. The maximum Gasteiger partial charge on any atom is 0.0869 e. The van der Waals surface area contributed by atoms with Crippen molar-refractivity contribution in [3.63, 3.8) is 0 Å². The third-order valence-electron chi connectivity index (χ3n) is 2.55. The van der Waals surface area contributed by atoms with Gasteiger partial charge in [0.2, 0.25) is 0 Å². The lowest BCUT2D eigenvalue weighted by Gasteiger charge is -2.43. The average molecular weight is 170 g/mol. The Balaban J connectivity index is 1.94. The minimum absolute atomic E-state index is 0.393. The monoisotopic (exact) mass is 170 g/mol. The van der Waals surface area contributed by atoms with Gasteiger partial charge in [0.1, 0.15) is 0 Å². The maximum absolute atomic E-state index is 3.50. The number of hydrogen-bond acceptors (Lipinski definition) is 4. The Bertz CT molecular complexity index is 143. The summed E-state index contributed by atoms with van der Waals surface area (Å²) < 4.78 is 0. The lowest BCUT2D eigenvalue weighted by Crippen LogP contribution is -2.74. The van der Waals surface area contributed by atoms with Gasteiger partial charge in [0.15, 0.2) is 0 Å². The fourth-order valence-corrected chi connectivity index (χ4v) is 1.88. The van der Waals surface area contributed by atoms with E-state index in [0.29, 0.717) is 24.4 Å². The zero-order valence-electron chi connectivity index (χ0n) is 7.72. The molecule has 0 radical (unpaired) electrons. The van der Waals surface area contributed by atoms with Crippen LogP contribution in [-0.4, -0.2) is 37.5 Å². The van der Waals surface area contributed by atoms with Crippen molar-refractivity contribution in [2.45, 2.75) is 38.3 Å². The second kappa shape index (κ2) is 3.30. The molecule has 2 aliphatic rings. The van der Waals surface area contributed by atoms with Crippen LogP contribution in [0.2, 0.25) is 0 Å². The molecule has 0 bridgehead atoms. The van der Waals surface area contributed by atoms with Crippen molar-refractivity contribution in [3.05, 3.63) is 0 Å². The van der Waals surface area contributed by atoms with Crippen molar-refractivity contribution in [2.75, 3.05) is 13.1 Å². The molecule has 0 aliphatic carbocycles. The van der Waals surface area contributed by atoms with Crippen LogP contribution < -0.4 is 21.3 Å². The SMILES string of the molecule is C[C@@H]1CN[C@H]2N[C@H](C)CN[C@@H]2N1. The van der Waals surface area contributed by atoms with Crippen molar-refractivity contribution < 1.29 is 0 Å². The quantitative estimate of drug-likeness (QED) is 0.369. The van der Waals surface area contributed by atoms with E-state index in [1.807, 2.05) is 0 Å². The van der Waals surface area contributed by atoms with E-state index < -0.39 is 0 Å². The molecule has 2 aliphatic heterocycles. The van der Waals surface area contributed by atoms with Crippen molar-refractivity contribution in [3.8, 4) is 0 Å². The molecule has 2 saturated heterocycles. The van der Waals surface area contributed by atoms with Crippen molar-refractivity contribution >= 4 is 0 Å². The van der Waals surface area contributed by atoms with Gasteiger partial charge in [-0.25, -0.2) is 0 Å². The summed E-state index contributed by atoms with van der Waals surface area (Å²) in [5.41, 5.74) is 0. The van der Waals surface area contributed by atoms with Crippen LogP contribution in [0.3, 0.4) is 0 Å². The van der Waals surface area contributed by atoms with Gasteiger partial charge in [0, 0.05) is 25.2 Å². The molecule has 2 rings (SSSR count). The summed E-state index contributed by atoms with van der Waals surface area (Å²) in [4.78, 5) is 0. The lowest BCUT2D eigenvalue weighted by atomic mass is 10.1. The summed E-state index contributed by atoms with van der Waals surface area (Å²) in [6.45, 7) is 6.48. The number of rotatable bonds is 0. The van der Waals surface area contributed by atoms with E-state index in [2.05, 4.69) is 35.1 Å². The highest BCUT2D eigenvalue weighted by Crippen LogP contribution is 2.02. The first-order valence-electron chi connectivity index (χ1n) is 4.74. The minimum Gasteiger partial charge on any atom is -0.298 e. The molecule has 0 amide bonds. The Morgan fingerprint density at radius 3 is 1.67 bits per heavy atom. The molecule has 0 aromatic carbocycles. The number of fused-ring (bicyclic) bond motifs is 1. The zero-order valence-corrected chi connectivity index (χ0v) is 7.72.